The highest BCUT2D eigenvalue weighted by atomic mass is 31.2. The van der Waals surface area contributed by atoms with E-state index in [2.05, 4.69) is 117 Å². The fraction of sp³-hybridized carbons (Fsp3) is 0.692. The molecule has 1 N–H and O–H groups in total. The number of nitrogens with one attached hydrogen (secondary N) is 1. The predicted molar refractivity (Wildman–Crippen MR) is 320 cm³/mol. The molecule has 10 heteroatoms. The molecule has 0 aliphatic heterocycles. The topological polar surface area (TPSA) is 114 Å². The molecule has 0 aliphatic rings. The van der Waals surface area contributed by atoms with Crippen molar-refractivity contribution in [2.75, 3.05) is 40.9 Å². The number of carbonyl (C=O) groups excluding carboxylic acids is 2. The van der Waals surface area contributed by atoms with Gasteiger partial charge in [0.1, 0.15) is 19.3 Å². The molecule has 9 nitrogen and oxygen atoms in total. The predicted octanol–water partition coefficient (Wildman–Crippen LogP) is 17.9. The molecule has 0 bridgehead atoms. The Hall–Kier alpha value is -3.33. The first-order valence-corrected chi connectivity index (χ1v) is 31.7. The molecule has 0 aromatic carbocycles. The van der Waals surface area contributed by atoms with Crippen molar-refractivity contribution in [3.05, 3.63) is 109 Å². The Morgan fingerprint density at radius 3 is 1.31 bits per heavy atom. The van der Waals surface area contributed by atoms with Gasteiger partial charge in [-0.1, -0.05) is 233 Å². The van der Waals surface area contributed by atoms with Gasteiger partial charge in [-0.2, -0.15) is 0 Å². The van der Waals surface area contributed by atoms with Crippen LogP contribution in [0.25, 0.3) is 0 Å². The second kappa shape index (κ2) is 54.0. The molecule has 0 saturated carbocycles. The number of nitrogens with zero attached hydrogens (tertiary/aromatic N) is 1. The maximum Gasteiger partial charge on any atom is 0.306 e. The summed E-state index contributed by atoms with van der Waals surface area (Å²) in [4.78, 5) is 39.9. The third-order valence-electron chi connectivity index (χ3n) is 12.7. The first-order chi connectivity index (χ1) is 36.4. The maximum atomic E-state index is 13.5. The van der Waals surface area contributed by atoms with Crippen LogP contribution >= 0.6 is 7.82 Å². The van der Waals surface area contributed by atoms with Gasteiger partial charge in [0.2, 0.25) is 5.91 Å². The third-order valence-corrected chi connectivity index (χ3v) is 13.7. The molecule has 0 spiro atoms. The summed E-state index contributed by atoms with van der Waals surface area (Å²) in [5, 5.41) is 2.97. The van der Waals surface area contributed by atoms with Crippen LogP contribution in [-0.4, -0.2) is 69.4 Å². The van der Waals surface area contributed by atoms with Gasteiger partial charge >= 0.3 is 5.97 Å². The van der Waals surface area contributed by atoms with E-state index in [9.17, 15) is 19.0 Å². The number of phosphoric ester groups is 1. The van der Waals surface area contributed by atoms with Crippen LogP contribution in [0, 0.1) is 0 Å². The number of allylic oxidation sites excluding steroid dienone is 17. The number of esters is 1. The van der Waals surface area contributed by atoms with E-state index in [0.717, 1.165) is 96.3 Å². The second-order valence-electron chi connectivity index (χ2n) is 21.1. The van der Waals surface area contributed by atoms with E-state index < -0.39 is 26.6 Å². The lowest BCUT2D eigenvalue weighted by atomic mass is 10.0. The lowest BCUT2D eigenvalue weighted by molar-refractivity contribution is -0.870. The summed E-state index contributed by atoms with van der Waals surface area (Å²) in [6, 6.07) is -0.936. The molecule has 1 amide bonds. The number of amides is 1. The number of rotatable bonds is 53. The van der Waals surface area contributed by atoms with Gasteiger partial charge in [0.15, 0.2) is 0 Å². The molecule has 0 fully saturated rings. The van der Waals surface area contributed by atoms with Crippen LogP contribution in [0.15, 0.2) is 109 Å². The van der Waals surface area contributed by atoms with Crippen molar-refractivity contribution in [2.45, 2.75) is 251 Å². The van der Waals surface area contributed by atoms with Crippen molar-refractivity contribution < 1.29 is 37.3 Å². The minimum atomic E-state index is -4.72. The van der Waals surface area contributed by atoms with Crippen molar-refractivity contribution in [1.29, 1.82) is 0 Å². The number of unbranched alkanes of at least 4 members (excludes halogenated alkanes) is 21. The number of carbonyl (C=O) groups is 2. The molecule has 0 radical (unpaired) electrons. The molecule has 0 aliphatic carbocycles. The summed E-state index contributed by atoms with van der Waals surface area (Å²) in [6.07, 6.45) is 73.6. The first-order valence-electron chi connectivity index (χ1n) is 30.2. The molecule has 3 atom stereocenters. The van der Waals surface area contributed by atoms with Gasteiger partial charge in [0.05, 0.1) is 33.8 Å². The van der Waals surface area contributed by atoms with Crippen molar-refractivity contribution in [2.24, 2.45) is 0 Å². The van der Waals surface area contributed by atoms with E-state index in [1.807, 2.05) is 33.3 Å². The molecule has 0 aromatic rings. The maximum absolute atomic E-state index is 13.5. The van der Waals surface area contributed by atoms with Crippen LogP contribution in [0.5, 0.6) is 0 Å². The lowest BCUT2D eigenvalue weighted by Gasteiger charge is -2.30. The Bertz CT molecular complexity index is 1650. The van der Waals surface area contributed by atoms with Crippen LogP contribution in [0.1, 0.15) is 239 Å². The standard InChI is InChI=1S/C65H113N2O7P/c1-7-10-13-16-19-22-25-28-29-30-31-32-33-34-35-36-37-40-43-46-49-52-55-58-65(69)74-63(56-53-50-47-44-41-38-26-23-20-17-14-11-8-2)62(61-73-75(70,71)72-60-59-67(4,5)6)66-64(68)57-54-51-48-45-42-39-27-24-21-18-15-12-9-3/h10,13,19,22,28-29,31-32,34-35,37,39-40,42,48,51,53,56,62-63H,7-9,11-12,14-18,20-21,23-27,30,33,36,38,41,43-47,49-50,52,54-55,57-61H2,1-6H3,(H-,66,68,70,71)/b13-10-,22-19-,29-28-,32-31-,35-34-,40-37-,42-39-,51-48+,56-53-. The van der Waals surface area contributed by atoms with E-state index in [-0.39, 0.29) is 31.3 Å². The SMILES string of the molecule is CC/C=C\C/C=C\C/C=C\C/C=C\C/C=C\C/C=C\CCCCCCC(=O)OC(/C=C\CCCCCCCCCCCCC)C(COP(=O)([O-])OCC[N+](C)(C)C)NC(=O)CC/C=C/C/C=C\CCCCCCCC. The molecule has 3 unspecified atom stereocenters. The Morgan fingerprint density at radius 2 is 0.867 bits per heavy atom. The number of phosphoric acid groups is 1. The quantitative estimate of drug-likeness (QED) is 0.0212. The fourth-order valence-electron chi connectivity index (χ4n) is 8.04. The molecule has 75 heavy (non-hydrogen) atoms. The van der Waals surface area contributed by atoms with Gasteiger partial charge in [-0.3, -0.25) is 14.2 Å². The number of hydrogen-bond acceptors (Lipinski definition) is 7. The highest BCUT2D eigenvalue weighted by Crippen LogP contribution is 2.38. The molecule has 0 saturated heterocycles. The molecule has 430 valence electrons. The molecular formula is C65H113N2O7P. The molecule has 0 heterocycles. The van der Waals surface area contributed by atoms with E-state index in [0.29, 0.717) is 23.9 Å². The van der Waals surface area contributed by atoms with Gasteiger partial charge in [-0.15, -0.1) is 0 Å². The van der Waals surface area contributed by atoms with Crippen LogP contribution in [-0.2, 0) is 27.9 Å². The third kappa shape index (κ3) is 55.2. The zero-order valence-electron chi connectivity index (χ0n) is 49.0. The van der Waals surface area contributed by atoms with Gasteiger partial charge in [-0.05, 0) is 102 Å². The number of likely N-dealkylation sites (N-methyl/N-ethyl adjacent to an activating group) is 1. The Labute approximate surface area is 461 Å². The zero-order valence-corrected chi connectivity index (χ0v) is 49.9. The molecule has 0 aromatic heterocycles. The number of ether oxygens (including phenoxy) is 1. The van der Waals surface area contributed by atoms with Gasteiger partial charge < -0.3 is 28.5 Å². The van der Waals surface area contributed by atoms with Crippen molar-refractivity contribution in [3.63, 3.8) is 0 Å². The minimum absolute atomic E-state index is 0.0411. The highest BCUT2D eigenvalue weighted by Gasteiger charge is 2.27. The minimum Gasteiger partial charge on any atom is -0.756 e. The van der Waals surface area contributed by atoms with Gasteiger partial charge in [0.25, 0.3) is 7.82 Å². The van der Waals surface area contributed by atoms with E-state index in [1.54, 1.807) is 6.08 Å². The van der Waals surface area contributed by atoms with Crippen molar-refractivity contribution in [3.8, 4) is 0 Å². The summed E-state index contributed by atoms with van der Waals surface area (Å²) in [5.74, 6) is -0.655. The second-order valence-corrected chi connectivity index (χ2v) is 22.5. The molecular weight excluding hydrogens is 952 g/mol. The first kappa shape index (κ1) is 71.7. The summed E-state index contributed by atoms with van der Waals surface area (Å²) in [6.45, 7) is 6.64. The van der Waals surface area contributed by atoms with Crippen LogP contribution in [0.2, 0.25) is 0 Å². The number of quaternary nitrogens is 1. The smallest absolute Gasteiger partial charge is 0.306 e. The van der Waals surface area contributed by atoms with E-state index in [1.165, 1.54) is 96.3 Å². The van der Waals surface area contributed by atoms with Crippen LogP contribution in [0.4, 0.5) is 0 Å². The van der Waals surface area contributed by atoms with E-state index in [4.69, 9.17) is 13.8 Å². The molecule has 0 rings (SSSR count). The number of hydrogen-bond donors (Lipinski definition) is 1. The summed E-state index contributed by atoms with van der Waals surface area (Å²) in [5.41, 5.74) is 0. The average molecular weight is 1070 g/mol. The Morgan fingerprint density at radius 1 is 0.480 bits per heavy atom. The normalized spacial score (nSPS) is 14.5. The zero-order chi connectivity index (χ0) is 55.0. The Kier molecular flexibility index (Phi) is 51.6. The monoisotopic (exact) mass is 1060 g/mol. The van der Waals surface area contributed by atoms with Gasteiger partial charge in [0, 0.05) is 12.8 Å². The van der Waals surface area contributed by atoms with E-state index >= 15 is 0 Å². The summed E-state index contributed by atoms with van der Waals surface area (Å²) >= 11 is 0. The van der Waals surface area contributed by atoms with Crippen molar-refractivity contribution >= 4 is 19.7 Å². The largest absolute Gasteiger partial charge is 0.756 e. The van der Waals surface area contributed by atoms with Gasteiger partial charge in [-0.25, -0.2) is 0 Å². The lowest BCUT2D eigenvalue weighted by Crippen LogP contribution is -2.47. The average Bonchev–Trinajstić information content (AvgIpc) is 3.37. The van der Waals surface area contributed by atoms with Crippen molar-refractivity contribution in [1.82, 2.24) is 5.32 Å². The fourth-order valence-corrected chi connectivity index (χ4v) is 8.77. The van der Waals surface area contributed by atoms with Crippen LogP contribution < -0.4 is 10.2 Å². The highest BCUT2D eigenvalue weighted by molar-refractivity contribution is 7.45. The Balaban J connectivity index is 5.38. The summed E-state index contributed by atoms with van der Waals surface area (Å²) in [7, 11) is 1.12. The summed E-state index contributed by atoms with van der Waals surface area (Å²) < 4.78 is 30.2. The van der Waals surface area contributed by atoms with Crippen LogP contribution in [0.3, 0.4) is 0 Å².